The quantitative estimate of drug-likeness (QED) is 0.755. The van der Waals surface area contributed by atoms with Crippen LogP contribution in [0.3, 0.4) is 0 Å². The number of hydrogen-bond acceptors (Lipinski definition) is 4. The molecule has 1 fully saturated rings. The predicted octanol–water partition coefficient (Wildman–Crippen LogP) is 4.48. The number of aromatic nitrogens is 1. The van der Waals surface area contributed by atoms with E-state index in [0.29, 0.717) is 6.10 Å². The van der Waals surface area contributed by atoms with Crippen LogP contribution in [0, 0.1) is 0 Å². The molecule has 1 heterocycles. The lowest BCUT2D eigenvalue weighted by molar-refractivity contribution is 0.176. The summed E-state index contributed by atoms with van der Waals surface area (Å²) in [6, 6.07) is 12.2. The Morgan fingerprint density at radius 1 is 1.00 bits per heavy atom. The Hall–Kier alpha value is -2.07. The van der Waals surface area contributed by atoms with E-state index in [2.05, 4.69) is 22.4 Å². The van der Waals surface area contributed by atoms with E-state index in [1.165, 1.54) is 31.2 Å². The Kier molecular flexibility index (Phi) is 6.69. The summed E-state index contributed by atoms with van der Waals surface area (Å²) in [5.74, 6) is 1.68. The number of rotatable bonds is 7. The Morgan fingerprint density at radius 3 is 2.56 bits per heavy atom. The number of nitrogens with one attached hydrogen (secondary N) is 1. The largest absolute Gasteiger partial charge is 0.493 e. The summed E-state index contributed by atoms with van der Waals surface area (Å²) in [7, 11) is 1.71. The molecule has 134 valence electrons. The number of methoxy groups -OCH3 is 1. The molecule has 1 aliphatic rings. The van der Waals surface area contributed by atoms with Crippen LogP contribution in [0.1, 0.15) is 49.8 Å². The molecule has 1 aromatic carbocycles. The Balaban J connectivity index is 1.57. The molecule has 25 heavy (non-hydrogen) atoms. The van der Waals surface area contributed by atoms with Gasteiger partial charge in [0, 0.05) is 19.3 Å². The second-order valence-electron chi connectivity index (χ2n) is 6.64. The summed E-state index contributed by atoms with van der Waals surface area (Å²) in [5.41, 5.74) is 2.23. The molecule has 0 atom stereocenters. The number of ether oxygens (including phenoxy) is 2. The topological polar surface area (TPSA) is 43.4 Å². The van der Waals surface area contributed by atoms with E-state index >= 15 is 0 Å². The van der Waals surface area contributed by atoms with Gasteiger partial charge in [-0.25, -0.2) is 0 Å². The molecule has 0 saturated heterocycles. The fourth-order valence-corrected chi connectivity index (χ4v) is 3.30. The van der Waals surface area contributed by atoms with Crippen LogP contribution >= 0.6 is 0 Å². The highest BCUT2D eigenvalue weighted by molar-refractivity contribution is 5.43. The monoisotopic (exact) mass is 340 g/mol. The van der Waals surface area contributed by atoms with Crippen molar-refractivity contribution in [2.24, 2.45) is 0 Å². The van der Waals surface area contributed by atoms with Gasteiger partial charge in [0.05, 0.1) is 18.9 Å². The van der Waals surface area contributed by atoms with E-state index < -0.39 is 0 Å². The molecule has 0 amide bonds. The first-order valence-electron chi connectivity index (χ1n) is 9.29. The lowest BCUT2D eigenvalue weighted by Gasteiger charge is -2.19. The summed E-state index contributed by atoms with van der Waals surface area (Å²) in [6.45, 7) is 1.53. The van der Waals surface area contributed by atoms with E-state index in [1.807, 2.05) is 30.5 Å². The van der Waals surface area contributed by atoms with Crippen molar-refractivity contribution in [1.82, 2.24) is 10.3 Å². The van der Waals surface area contributed by atoms with E-state index in [-0.39, 0.29) is 0 Å². The zero-order valence-corrected chi connectivity index (χ0v) is 15.0. The molecule has 3 rings (SSSR count). The van der Waals surface area contributed by atoms with Crippen LogP contribution in [0.5, 0.6) is 11.5 Å². The van der Waals surface area contributed by atoms with Crippen LogP contribution in [0.2, 0.25) is 0 Å². The van der Waals surface area contributed by atoms with Gasteiger partial charge in [-0.1, -0.05) is 25.0 Å². The first-order chi connectivity index (χ1) is 12.3. The normalized spacial score (nSPS) is 15.6. The fraction of sp³-hybridized carbons (Fsp3) is 0.476. The van der Waals surface area contributed by atoms with Crippen molar-refractivity contribution >= 4 is 0 Å². The average molecular weight is 340 g/mol. The molecule has 0 unspecified atom stereocenters. The van der Waals surface area contributed by atoms with Gasteiger partial charge in [-0.2, -0.15) is 0 Å². The second-order valence-corrected chi connectivity index (χ2v) is 6.64. The van der Waals surface area contributed by atoms with Crippen molar-refractivity contribution in [2.45, 2.75) is 57.7 Å². The standard InChI is InChI=1S/C21H28N2O2/c1-24-21-14-17(15-22-16-18-8-6-7-13-23-18)11-12-20(21)25-19-9-4-2-3-5-10-19/h6-8,11-14,19,22H,2-5,9-10,15-16H2,1H3. The van der Waals surface area contributed by atoms with Gasteiger partial charge < -0.3 is 14.8 Å². The molecule has 1 aromatic heterocycles. The highest BCUT2D eigenvalue weighted by atomic mass is 16.5. The van der Waals surface area contributed by atoms with Crippen molar-refractivity contribution in [2.75, 3.05) is 7.11 Å². The van der Waals surface area contributed by atoms with Crippen molar-refractivity contribution in [3.63, 3.8) is 0 Å². The van der Waals surface area contributed by atoms with Crippen LogP contribution in [0.15, 0.2) is 42.6 Å². The third-order valence-electron chi connectivity index (χ3n) is 4.69. The van der Waals surface area contributed by atoms with Gasteiger partial charge in [0.15, 0.2) is 11.5 Å². The predicted molar refractivity (Wildman–Crippen MR) is 99.9 cm³/mol. The first kappa shape index (κ1) is 17.7. The van der Waals surface area contributed by atoms with Crippen molar-refractivity contribution < 1.29 is 9.47 Å². The summed E-state index contributed by atoms with van der Waals surface area (Å²) < 4.78 is 11.8. The van der Waals surface area contributed by atoms with Gasteiger partial charge in [-0.15, -0.1) is 0 Å². The summed E-state index contributed by atoms with van der Waals surface area (Å²) >= 11 is 0. The maximum absolute atomic E-state index is 6.23. The first-order valence-corrected chi connectivity index (χ1v) is 9.29. The molecule has 1 saturated carbocycles. The number of nitrogens with zero attached hydrogens (tertiary/aromatic N) is 1. The highest BCUT2D eigenvalue weighted by Crippen LogP contribution is 2.31. The zero-order chi connectivity index (χ0) is 17.3. The average Bonchev–Trinajstić information content (AvgIpc) is 2.92. The fourth-order valence-electron chi connectivity index (χ4n) is 3.30. The van der Waals surface area contributed by atoms with Crippen molar-refractivity contribution in [3.8, 4) is 11.5 Å². The molecular formula is C21H28N2O2. The number of pyridine rings is 1. The molecule has 4 heteroatoms. The van der Waals surface area contributed by atoms with E-state index in [1.54, 1.807) is 7.11 Å². The van der Waals surface area contributed by atoms with Crippen LogP contribution < -0.4 is 14.8 Å². The molecule has 1 aliphatic carbocycles. The van der Waals surface area contributed by atoms with E-state index in [9.17, 15) is 0 Å². The number of hydrogen-bond donors (Lipinski definition) is 1. The molecular weight excluding hydrogens is 312 g/mol. The summed E-state index contributed by atoms with van der Waals surface area (Å²) in [5, 5.41) is 3.42. The molecule has 0 spiro atoms. The van der Waals surface area contributed by atoms with Gasteiger partial charge in [-0.3, -0.25) is 4.98 Å². The van der Waals surface area contributed by atoms with Gasteiger partial charge in [0.2, 0.25) is 0 Å². The minimum Gasteiger partial charge on any atom is -0.493 e. The van der Waals surface area contributed by atoms with Crippen LogP contribution in [-0.2, 0) is 13.1 Å². The number of benzene rings is 1. The van der Waals surface area contributed by atoms with Gasteiger partial charge >= 0.3 is 0 Å². The minimum atomic E-state index is 0.324. The maximum Gasteiger partial charge on any atom is 0.161 e. The van der Waals surface area contributed by atoms with Crippen molar-refractivity contribution in [3.05, 3.63) is 53.9 Å². The van der Waals surface area contributed by atoms with Crippen LogP contribution in [0.4, 0.5) is 0 Å². The summed E-state index contributed by atoms with van der Waals surface area (Å²) in [4.78, 5) is 4.32. The smallest absolute Gasteiger partial charge is 0.161 e. The lowest BCUT2D eigenvalue weighted by atomic mass is 10.1. The van der Waals surface area contributed by atoms with Gasteiger partial charge in [0.25, 0.3) is 0 Å². The molecule has 0 bridgehead atoms. The third-order valence-corrected chi connectivity index (χ3v) is 4.69. The van der Waals surface area contributed by atoms with Crippen LogP contribution in [0.25, 0.3) is 0 Å². The Bertz CT molecular complexity index is 638. The van der Waals surface area contributed by atoms with E-state index in [0.717, 1.165) is 43.1 Å². The third kappa shape index (κ3) is 5.46. The highest BCUT2D eigenvalue weighted by Gasteiger charge is 2.16. The lowest BCUT2D eigenvalue weighted by Crippen LogP contribution is -2.16. The maximum atomic E-state index is 6.23. The van der Waals surface area contributed by atoms with Gasteiger partial charge in [0.1, 0.15) is 0 Å². The SMILES string of the molecule is COc1cc(CNCc2ccccn2)ccc1OC1CCCCCC1. The Labute approximate surface area is 150 Å². The molecule has 4 nitrogen and oxygen atoms in total. The molecule has 0 radical (unpaired) electrons. The van der Waals surface area contributed by atoms with Gasteiger partial charge in [-0.05, 0) is 55.5 Å². The molecule has 2 aromatic rings. The summed E-state index contributed by atoms with van der Waals surface area (Å²) in [6.07, 6.45) is 9.64. The molecule has 1 N–H and O–H groups in total. The van der Waals surface area contributed by atoms with Crippen LogP contribution in [-0.4, -0.2) is 18.2 Å². The Morgan fingerprint density at radius 2 is 1.84 bits per heavy atom. The second kappa shape index (κ2) is 9.42. The minimum absolute atomic E-state index is 0.324. The zero-order valence-electron chi connectivity index (χ0n) is 15.0. The van der Waals surface area contributed by atoms with E-state index in [4.69, 9.17) is 9.47 Å². The molecule has 0 aliphatic heterocycles. The van der Waals surface area contributed by atoms with Crippen molar-refractivity contribution in [1.29, 1.82) is 0 Å².